The van der Waals surface area contributed by atoms with Crippen LogP contribution in [0.25, 0.3) is 0 Å². The zero-order valence-electron chi connectivity index (χ0n) is 17.9. The monoisotopic (exact) mass is 401 g/mol. The van der Waals surface area contributed by atoms with Crippen molar-refractivity contribution in [3.8, 4) is 0 Å². The molecule has 156 valence electrons. The summed E-state index contributed by atoms with van der Waals surface area (Å²) in [5.41, 5.74) is 2.81. The van der Waals surface area contributed by atoms with Crippen LogP contribution in [0.2, 0.25) is 0 Å². The van der Waals surface area contributed by atoms with Gasteiger partial charge in [0.05, 0.1) is 23.1 Å². The number of pyridine rings is 2. The van der Waals surface area contributed by atoms with E-state index < -0.39 is 0 Å². The van der Waals surface area contributed by atoms with Gasteiger partial charge >= 0.3 is 0 Å². The number of nitrogens with one attached hydrogen (secondary N) is 1. The molecular weight excluding hydrogens is 370 g/mol. The quantitative estimate of drug-likeness (QED) is 0.408. The third-order valence-electron chi connectivity index (χ3n) is 4.38. The maximum atomic E-state index is 4.65. The molecule has 1 atom stereocenters. The number of hydrogen-bond acceptors (Lipinski definition) is 5. The molecule has 1 N–H and O–H groups in total. The van der Waals surface area contributed by atoms with Gasteiger partial charge < -0.3 is 5.32 Å². The summed E-state index contributed by atoms with van der Waals surface area (Å²) in [5, 5.41) is 2.99. The highest BCUT2D eigenvalue weighted by Crippen LogP contribution is 2.24. The fourth-order valence-corrected chi connectivity index (χ4v) is 3.02. The first-order valence-corrected chi connectivity index (χ1v) is 10.1. The van der Waals surface area contributed by atoms with Gasteiger partial charge in [-0.05, 0) is 56.0 Å². The molecule has 0 aromatic carbocycles. The largest absolute Gasteiger partial charge is 0.394 e. The van der Waals surface area contributed by atoms with E-state index in [0.717, 1.165) is 30.1 Å². The van der Waals surface area contributed by atoms with Crippen molar-refractivity contribution in [1.29, 1.82) is 0 Å². The lowest BCUT2D eigenvalue weighted by molar-refractivity contribution is 0.233. The van der Waals surface area contributed by atoms with Crippen molar-refractivity contribution >= 4 is 5.71 Å². The van der Waals surface area contributed by atoms with Gasteiger partial charge in [-0.25, -0.2) is 0 Å². The first kappa shape index (κ1) is 23.0. The summed E-state index contributed by atoms with van der Waals surface area (Å²) in [6.07, 6.45) is 18.2. The molecule has 1 unspecified atom stereocenters. The van der Waals surface area contributed by atoms with Gasteiger partial charge in [-0.1, -0.05) is 36.9 Å². The molecule has 2 aromatic heterocycles. The van der Waals surface area contributed by atoms with Gasteiger partial charge in [0.25, 0.3) is 0 Å². The minimum absolute atomic E-state index is 0.122. The van der Waals surface area contributed by atoms with E-state index in [9.17, 15) is 0 Å². The van der Waals surface area contributed by atoms with Gasteiger partial charge in [0.2, 0.25) is 0 Å². The predicted molar refractivity (Wildman–Crippen MR) is 126 cm³/mol. The molecular formula is C25H31N5. The second-order valence-corrected chi connectivity index (χ2v) is 6.55. The summed E-state index contributed by atoms with van der Waals surface area (Å²) >= 11 is 0. The number of allylic oxidation sites excluding steroid dienone is 3. The third kappa shape index (κ3) is 7.60. The maximum absolute atomic E-state index is 4.65. The van der Waals surface area contributed by atoms with E-state index in [0.29, 0.717) is 6.54 Å². The van der Waals surface area contributed by atoms with Crippen LogP contribution in [-0.2, 0) is 6.54 Å². The first-order valence-electron chi connectivity index (χ1n) is 10.1. The Morgan fingerprint density at radius 1 is 1.17 bits per heavy atom. The minimum atomic E-state index is -0.122. The Hall–Kier alpha value is -3.31. The smallest absolute Gasteiger partial charge is 0.0953 e. The van der Waals surface area contributed by atoms with Crippen molar-refractivity contribution in [3.63, 3.8) is 0 Å². The highest BCUT2D eigenvalue weighted by Gasteiger charge is 2.25. The second-order valence-electron chi connectivity index (χ2n) is 6.55. The molecule has 0 aliphatic carbocycles. The molecule has 2 rings (SSSR count). The number of nitrogens with zero attached hydrogens (tertiary/aromatic N) is 4. The molecule has 0 bridgehead atoms. The van der Waals surface area contributed by atoms with Crippen LogP contribution in [0.4, 0.5) is 0 Å². The van der Waals surface area contributed by atoms with E-state index >= 15 is 0 Å². The maximum Gasteiger partial charge on any atom is 0.0953 e. The fourth-order valence-electron chi connectivity index (χ4n) is 3.02. The highest BCUT2D eigenvalue weighted by molar-refractivity contribution is 5.99. The molecule has 30 heavy (non-hydrogen) atoms. The van der Waals surface area contributed by atoms with E-state index in [1.165, 1.54) is 0 Å². The summed E-state index contributed by atoms with van der Waals surface area (Å²) in [6.45, 7) is 7.48. The van der Waals surface area contributed by atoms with Crippen LogP contribution in [0, 0.1) is 0 Å². The highest BCUT2D eigenvalue weighted by atomic mass is 15.2. The van der Waals surface area contributed by atoms with Crippen LogP contribution in [0.5, 0.6) is 0 Å². The van der Waals surface area contributed by atoms with Crippen molar-refractivity contribution in [3.05, 3.63) is 110 Å². The van der Waals surface area contributed by atoms with Gasteiger partial charge in [-0.15, -0.1) is 0 Å². The SMILES string of the molecule is C=CC(=N/C=C\C)C(c1ccccn1)N(CC/C=C\C=C/NC)Cc1ccccn1. The summed E-state index contributed by atoms with van der Waals surface area (Å²) in [6, 6.07) is 11.8. The molecule has 0 fully saturated rings. The van der Waals surface area contributed by atoms with Gasteiger partial charge in [0, 0.05) is 38.7 Å². The fraction of sp³-hybridized carbons (Fsp3) is 0.240. The van der Waals surface area contributed by atoms with E-state index in [1.54, 1.807) is 6.20 Å². The molecule has 2 aromatic rings. The van der Waals surface area contributed by atoms with Gasteiger partial charge in [-0.2, -0.15) is 0 Å². The summed E-state index contributed by atoms with van der Waals surface area (Å²) in [4.78, 5) is 16.2. The third-order valence-corrected chi connectivity index (χ3v) is 4.38. The summed E-state index contributed by atoms with van der Waals surface area (Å²) < 4.78 is 0. The predicted octanol–water partition coefficient (Wildman–Crippen LogP) is 4.86. The topological polar surface area (TPSA) is 53.4 Å². The average molecular weight is 402 g/mol. The Kier molecular flexibility index (Phi) is 10.6. The Labute approximate surface area is 180 Å². The van der Waals surface area contributed by atoms with Crippen LogP contribution in [-0.4, -0.2) is 34.2 Å². The average Bonchev–Trinajstić information content (AvgIpc) is 2.79. The van der Waals surface area contributed by atoms with Gasteiger partial charge in [0.15, 0.2) is 0 Å². The number of aromatic nitrogens is 2. The lowest BCUT2D eigenvalue weighted by Gasteiger charge is -2.31. The van der Waals surface area contributed by atoms with E-state index in [1.807, 2.05) is 93.3 Å². The molecule has 0 saturated heterocycles. The van der Waals surface area contributed by atoms with Crippen molar-refractivity contribution in [1.82, 2.24) is 20.2 Å². The summed E-state index contributed by atoms with van der Waals surface area (Å²) in [7, 11) is 1.89. The number of aliphatic imine (C=N–C) groups is 1. The van der Waals surface area contributed by atoms with Crippen LogP contribution >= 0.6 is 0 Å². The number of hydrogen-bond donors (Lipinski definition) is 1. The second kappa shape index (κ2) is 13.8. The molecule has 0 aliphatic rings. The lowest BCUT2D eigenvalue weighted by Crippen LogP contribution is -2.34. The Balaban J connectivity index is 2.38. The van der Waals surface area contributed by atoms with Crippen LogP contribution < -0.4 is 5.32 Å². The Bertz CT molecular complexity index is 854. The van der Waals surface area contributed by atoms with Crippen LogP contribution in [0.3, 0.4) is 0 Å². The van der Waals surface area contributed by atoms with Crippen LogP contribution in [0.1, 0.15) is 30.8 Å². The minimum Gasteiger partial charge on any atom is -0.394 e. The molecule has 5 heteroatoms. The first-order chi connectivity index (χ1) is 14.8. The normalized spacial score (nSPS) is 13.5. The van der Waals surface area contributed by atoms with Crippen LogP contribution in [0.15, 0.2) is 103 Å². The molecule has 0 saturated carbocycles. The van der Waals surface area contributed by atoms with Crippen molar-refractivity contribution < 1.29 is 0 Å². The molecule has 0 aliphatic heterocycles. The van der Waals surface area contributed by atoms with Crippen molar-refractivity contribution in [2.45, 2.75) is 25.9 Å². The Morgan fingerprint density at radius 3 is 2.60 bits per heavy atom. The molecule has 0 radical (unpaired) electrons. The lowest BCUT2D eigenvalue weighted by atomic mass is 10.0. The number of rotatable bonds is 12. The zero-order chi connectivity index (χ0) is 21.4. The van der Waals surface area contributed by atoms with Gasteiger partial charge in [0.1, 0.15) is 0 Å². The van der Waals surface area contributed by atoms with E-state index in [4.69, 9.17) is 0 Å². The molecule has 0 spiro atoms. The van der Waals surface area contributed by atoms with Crippen molar-refractivity contribution in [2.75, 3.05) is 13.6 Å². The van der Waals surface area contributed by atoms with E-state index in [-0.39, 0.29) is 6.04 Å². The Morgan fingerprint density at radius 2 is 1.97 bits per heavy atom. The zero-order valence-corrected chi connectivity index (χ0v) is 17.9. The molecule has 5 nitrogen and oxygen atoms in total. The van der Waals surface area contributed by atoms with E-state index in [2.05, 4.69) is 37.8 Å². The molecule has 0 amide bonds. The van der Waals surface area contributed by atoms with Gasteiger partial charge in [-0.3, -0.25) is 19.9 Å². The van der Waals surface area contributed by atoms with Crippen molar-refractivity contribution in [2.24, 2.45) is 4.99 Å². The standard InChI is InChI=1S/C25H31N5/c1-4-16-28-23(5-2)25(24-15-9-12-19-29-24)30(20-13-7-6-10-17-26-3)21-22-14-8-11-18-27-22/h4-12,14-19,25-26H,2,13,20-21H2,1,3H3/b7-6-,16-4-,17-10-,28-23?. The summed E-state index contributed by atoms with van der Waals surface area (Å²) in [5.74, 6) is 0. The molecule has 2 heterocycles.